The molecule has 1 aromatic heterocycles. The number of nitrogens with zero attached hydrogens (tertiary/aromatic N) is 2. The number of fused-ring (bicyclic) bond motifs is 2. The Balaban J connectivity index is 1.37. The number of aromatic nitrogens is 1. The molecule has 2 aliphatic rings. The molecule has 1 fully saturated rings. The molecule has 1 N–H and O–H groups in total. The zero-order valence-electron chi connectivity index (χ0n) is 21.0. The summed E-state index contributed by atoms with van der Waals surface area (Å²) in [7, 11) is 3.16. The number of nitrogens with one attached hydrogen (secondary N) is 1. The number of carbonyl (C=O) groups excluding carboxylic acids is 3. The van der Waals surface area contributed by atoms with Gasteiger partial charge in [0.15, 0.2) is 6.61 Å². The summed E-state index contributed by atoms with van der Waals surface area (Å²) < 4.78 is 10.7. The van der Waals surface area contributed by atoms with Gasteiger partial charge in [-0.3, -0.25) is 9.59 Å². The number of hydrogen-bond donors (Lipinski definition) is 1. The van der Waals surface area contributed by atoms with Gasteiger partial charge in [0, 0.05) is 18.5 Å². The number of para-hydroxylation sites is 1. The summed E-state index contributed by atoms with van der Waals surface area (Å²) in [5.41, 5.74) is 4.80. The lowest BCUT2D eigenvalue weighted by Crippen LogP contribution is -2.40. The number of rotatable bonds is 8. The maximum Gasteiger partial charge on any atom is 0.339 e. The van der Waals surface area contributed by atoms with Gasteiger partial charge in [-0.2, -0.15) is 0 Å². The smallest absolute Gasteiger partial charge is 0.339 e. The molecule has 0 aliphatic heterocycles. The van der Waals surface area contributed by atoms with Crippen molar-refractivity contribution in [3.63, 3.8) is 0 Å². The molecule has 0 unspecified atom stereocenters. The second-order valence-electron chi connectivity index (χ2n) is 9.44. The molecule has 8 nitrogen and oxygen atoms in total. The Bertz CT molecular complexity index is 1390. The number of allylic oxidation sites excluding steroid dienone is 1. The molecule has 2 aliphatic carbocycles. The Morgan fingerprint density at radius 2 is 1.84 bits per heavy atom. The number of amides is 2. The molecule has 1 heterocycles. The van der Waals surface area contributed by atoms with Gasteiger partial charge in [-0.15, -0.1) is 0 Å². The Kier molecular flexibility index (Phi) is 6.90. The maximum atomic E-state index is 13.3. The van der Waals surface area contributed by atoms with Crippen LogP contribution in [0.5, 0.6) is 5.75 Å². The molecule has 0 atom stereocenters. The minimum Gasteiger partial charge on any atom is -0.497 e. The van der Waals surface area contributed by atoms with Crippen LogP contribution in [0.1, 0.15) is 46.4 Å². The van der Waals surface area contributed by atoms with Gasteiger partial charge in [-0.05, 0) is 66.7 Å². The van der Waals surface area contributed by atoms with E-state index in [1.165, 1.54) is 11.9 Å². The Morgan fingerprint density at radius 3 is 2.57 bits per heavy atom. The van der Waals surface area contributed by atoms with E-state index in [2.05, 4.69) is 11.4 Å². The summed E-state index contributed by atoms with van der Waals surface area (Å²) in [5.74, 6) is -0.426. The quantitative estimate of drug-likeness (QED) is 0.476. The molecular weight excluding hydrogens is 470 g/mol. The lowest BCUT2D eigenvalue weighted by molar-refractivity contribution is -0.137. The third-order valence-corrected chi connectivity index (χ3v) is 6.68. The van der Waals surface area contributed by atoms with Crippen LogP contribution in [0, 0.1) is 0 Å². The van der Waals surface area contributed by atoms with E-state index in [0.29, 0.717) is 22.9 Å². The molecule has 2 amide bonds. The number of pyridine rings is 1. The third kappa shape index (κ3) is 5.48. The van der Waals surface area contributed by atoms with Crippen LogP contribution in [0.4, 0.5) is 0 Å². The van der Waals surface area contributed by atoms with Crippen LogP contribution in [0.2, 0.25) is 0 Å². The highest BCUT2D eigenvalue weighted by molar-refractivity contribution is 6.07. The molecule has 1 saturated carbocycles. The van der Waals surface area contributed by atoms with Gasteiger partial charge in [0.05, 0.1) is 30.4 Å². The van der Waals surface area contributed by atoms with Crippen LogP contribution in [0.3, 0.4) is 0 Å². The number of esters is 1. The largest absolute Gasteiger partial charge is 0.497 e. The average molecular weight is 500 g/mol. The van der Waals surface area contributed by atoms with Crippen LogP contribution in [0.25, 0.3) is 22.6 Å². The first-order valence-corrected chi connectivity index (χ1v) is 12.4. The number of methoxy groups -OCH3 is 1. The Labute approximate surface area is 215 Å². The molecule has 0 radical (unpaired) electrons. The van der Waals surface area contributed by atoms with Crippen molar-refractivity contribution in [2.24, 2.45) is 0 Å². The van der Waals surface area contributed by atoms with Gasteiger partial charge in [0.25, 0.3) is 5.91 Å². The van der Waals surface area contributed by atoms with Crippen molar-refractivity contribution in [3.05, 3.63) is 70.9 Å². The van der Waals surface area contributed by atoms with E-state index in [1.54, 1.807) is 7.11 Å². The Hall–Kier alpha value is -4.20. The van der Waals surface area contributed by atoms with Crippen LogP contribution in [-0.2, 0) is 20.7 Å². The van der Waals surface area contributed by atoms with Gasteiger partial charge in [0.2, 0.25) is 5.91 Å². The van der Waals surface area contributed by atoms with Gasteiger partial charge >= 0.3 is 5.97 Å². The number of benzene rings is 2. The standard InChI is InChI=1S/C29H29N3O5/c1-32(16-25(33)30-20-10-11-20)26(34)17-37-29(35)27-22-5-3-4-6-24(22)31-28-19(9-14-23(27)28)15-18-7-12-21(36-2)13-8-18/h3-8,12-13,15,20H,9-11,14,16-17H2,1-2H3,(H,30,33)/b19-15+. The maximum absolute atomic E-state index is 13.3. The highest BCUT2D eigenvalue weighted by Gasteiger charge is 2.29. The molecule has 37 heavy (non-hydrogen) atoms. The second kappa shape index (κ2) is 10.4. The monoisotopic (exact) mass is 499 g/mol. The number of carbonyl (C=O) groups is 3. The minimum atomic E-state index is -0.565. The summed E-state index contributed by atoms with van der Waals surface area (Å²) >= 11 is 0. The van der Waals surface area contributed by atoms with Crippen LogP contribution in [0.15, 0.2) is 48.5 Å². The first kappa shape index (κ1) is 24.5. The average Bonchev–Trinajstić information content (AvgIpc) is 3.64. The molecule has 190 valence electrons. The highest BCUT2D eigenvalue weighted by atomic mass is 16.5. The summed E-state index contributed by atoms with van der Waals surface area (Å²) in [6, 6.07) is 15.4. The summed E-state index contributed by atoms with van der Waals surface area (Å²) in [4.78, 5) is 44.0. The molecule has 3 aromatic rings. The van der Waals surface area contributed by atoms with Gasteiger partial charge in [-0.1, -0.05) is 30.3 Å². The van der Waals surface area contributed by atoms with Crippen molar-refractivity contribution >= 4 is 40.3 Å². The van der Waals surface area contributed by atoms with Crippen LogP contribution < -0.4 is 10.1 Å². The zero-order valence-corrected chi connectivity index (χ0v) is 21.0. The summed E-state index contributed by atoms with van der Waals surface area (Å²) in [6.07, 6.45) is 5.41. The van der Waals surface area contributed by atoms with E-state index in [0.717, 1.165) is 47.4 Å². The van der Waals surface area contributed by atoms with Crippen molar-refractivity contribution < 1.29 is 23.9 Å². The van der Waals surface area contributed by atoms with Crippen molar-refractivity contribution in [1.82, 2.24) is 15.2 Å². The lowest BCUT2D eigenvalue weighted by atomic mass is 10.0. The van der Waals surface area contributed by atoms with Crippen LogP contribution >= 0.6 is 0 Å². The zero-order chi connectivity index (χ0) is 25.9. The Morgan fingerprint density at radius 1 is 1.08 bits per heavy atom. The van der Waals surface area contributed by atoms with E-state index in [9.17, 15) is 14.4 Å². The van der Waals surface area contributed by atoms with E-state index >= 15 is 0 Å². The van der Waals surface area contributed by atoms with Crippen molar-refractivity contribution in [3.8, 4) is 5.75 Å². The van der Waals surface area contributed by atoms with Crippen molar-refractivity contribution in [2.45, 2.75) is 31.7 Å². The normalized spacial score (nSPS) is 15.4. The predicted octanol–water partition coefficient (Wildman–Crippen LogP) is 3.62. The first-order valence-electron chi connectivity index (χ1n) is 12.4. The van der Waals surface area contributed by atoms with E-state index < -0.39 is 18.5 Å². The minimum absolute atomic E-state index is 0.0695. The molecule has 2 aromatic carbocycles. The fourth-order valence-electron chi connectivity index (χ4n) is 4.53. The van der Waals surface area contributed by atoms with E-state index in [1.807, 2.05) is 48.5 Å². The molecule has 0 bridgehead atoms. The fourth-order valence-corrected chi connectivity index (χ4v) is 4.53. The SMILES string of the molecule is COc1ccc(/C=C2\CCc3c2nc2ccccc2c3C(=O)OCC(=O)N(C)CC(=O)NC2CC2)cc1. The first-order chi connectivity index (χ1) is 17.9. The second-order valence-corrected chi connectivity index (χ2v) is 9.44. The molecule has 8 heteroatoms. The third-order valence-electron chi connectivity index (χ3n) is 6.68. The lowest BCUT2D eigenvalue weighted by Gasteiger charge is -2.17. The van der Waals surface area contributed by atoms with Crippen LogP contribution in [-0.4, -0.2) is 61.0 Å². The van der Waals surface area contributed by atoms with Gasteiger partial charge < -0.3 is 19.7 Å². The number of likely N-dealkylation sites (N-methyl/N-ethyl adjacent to an activating group) is 1. The van der Waals surface area contributed by atoms with Gasteiger partial charge in [-0.25, -0.2) is 9.78 Å². The van der Waals surface area contributed by atoms with Gasteiger partial charge in [0.1, 0.15) is 5.75 Å². The topological polar surface area (TPSA) is 97.8 Å². The predicted molar refractivity (Wildman–Crippen MR) is 140 cm³/mol. The summed E-state index contributed by atoms with van der Waals surface area (Å²) in [6.45, 7) is -0.508. The molecule has 0 spiro atoms. The number of hydrogen-bond acceptors (Lipinski definition) is 6. The fraction of sp³-hybridized carbons (Fsp3) is 0.310. The molecular formula is C29H29N3O5. The molecule has 5 rings (SSSR count). The van der Waals surface area contributed by atoms with Crippen molar-refractivity contribution in [1.29, 1.82) is 0 Å². The molecule has 0 saturated heterocycles. The van der Waals surface area contributed by atoms with E-state index in [4.69, 9.17) is 14.5 Å². The highest BCUT2D eigenvalue weighted by Crippen LogP contribution is 2.38. The summed E-state index contributed by atoms with van der Waals surface area (Å²) in [5, 5.41) is 3.54. The van der Waals surface area contributed by atoms with Crippen molar-refractivity contribution in [2.75, 3.05) is 27.3 Å². The van der Waals surface area contributed by atoms with E-state index in [-0.39, 0.29) is 18.5 Å². The number of ether oxygens (including phenoxy) is 2.